The molecule has 2 aliphatic rings. The lowest BCUT2D eigenvalue weighted by Gasteiger charge is -2.33. The molecule has 16 heavy (non-hydrogen) atoms. The molecule has 1 heterocycles. The van der Waals surface area contributed by atoms with Crippen LogP contribution in [0.5, 0.6) is 0 Å². The van der Waals surface area contributed by atoms with E-state index >= 15 is 0 Å². The Hall–Kier alpha value is -1.32. The standard InChI is InChI=1S/C12H16O4/c1-8(2)7-9-10(13)15-12(16-11(9)14)5-3-4-6-12/h7-8H,3-6H2,1-2H3. The minimum Gasteiger partial charge on any atom is -0.419 e. The molecule has 0 N–H and O–H groups in total. The molecule has 0 aromatic rings. The van der Waals surface area contributed by atoms with Crippen molar-refractivity contribution in [1.82, 2.24) is 0 Å². The molecule has 0 amide bonds. The van der Waals surface area contributed by atoms with Gasteiger partial charge >= 0.3 is 11.9 Å². The van der Waals surface area contributed by atoms with E-state index < -0.39 is 17.7 Å². The van der Waals surface area contributed by atoms with Crippen molar-refractivity contribution in [2.24, 2.45) is 5.92 Å². The number of hydrogen-bond donors (Lipinski definition) is 0. The first-order valence-corrected chi connectivity index (χ1v) is 5.71. The van der Waals surface area contributed by atoms with E-state index in [2.05, 4.69) is 0 Å². The van der Waals surface area contributed by atoms with Crippen molar-refractivity contribution in [3.8, 4) is 0 Å². The normalized spacial score (nSPS) is 23.6. The molecular formula is C12H16O4. The highest BCUT2D eigenvalue weighted by atomic mass is 16.7. The lowest BCUT2D eigenvalue weighted by Crippen LogP contribution is -2.44. The lowest BCUT2D eigenvalue weighted by atomic mass is 10.1. The third-order valence-corrected chi connectivity index (χ3v) is 2.86. The van der Waals surface area contributed by atoms with E-state index in [9.17, 15) is 9.59 Å². The minimum atomic E-state index is -0.956. The van der Waals surface area contributed by atoms with E-state index in [0.29, 0.717) is 12.8 Å². The van der Waals surface area contributed by atoms with Crippen LogP contribution in [0.1, 0.15) is 39.5 Å². The molecule has 88 valence electrons. The quantitative estimate of drug-likeness (QED) is 0.388. The number of carbonyl (C=O) groups is 2. The summed E-state index contributed by atoms with van der Waals surface area (Å²) in [6.45, 7) is 3.79. The van der Waals surface area contributed by atoms with E-state index in [1.807, 2.05) is 13.8 Å². The third kappa shape index (κ3) is 1.96. The molecule has 0 unspecified atom stereocenters. The molecule has 4 nitrogen and oxygen atoms in total. The molecule has 1 spiro atoms. The highest BCUT2D eigenvalue weighted by Crippen LogP contribution is 2.38. The van der Waals surface area contributed by atoms with E-state index in [-0.39, 0.29) is 11.5 Å². The van der Waals surface area contributed by atoms with Gasteiger partial charge in [-0.05, 0) is 18.8 Å². The molecule has 1 saturated carbocycles. The number of esters is 2. The summed E-state index contributed by atoms with van der Waals surface area (Å²) in [6.07, 6.45) is 4.71. The third-order valence-electron chi connectivity index (χ3n) is 2.86. The summed E-state index contributed by atoms with van der Waals surface area (Å²) in [4.78, 5) is 23.4. The second-order valence-electron chi connectivity index (χ2n) is 4.72. The van der Waals surface area contributed by atoms with Crippen LogP contribution < -0.4 is 0 Å². The van der Waals surface area contributed by atoms with E-state index in [0.717, 1.165) is 12.8 Å². The number of ether oxygens (including phenoxy) is 2. The SMILES string of the molecule is CC(C)C=C1C(=O)OC2(CCCC2)OC1=O. The van der Waals surface area contributed by atoms with Gasteiger partial charge in [-0.1, -0.05) is 19.9 Å². The van der Waals surface area contributed by atoms with Crippen LogP contribution in [0.25, 0.3) is 0 Å². The highest BCUT2D eigenvalue weighted by molar-refractivity contribution is 6.15. The first-order chi connectivity index (χ1) is 7.52. The van der Waals surface area contributed by atoms with Crippen LogP contribution >= 0.6 is 0 Å². The van der Waals surface area contributed by atoms with Crippen molar-refractivity contribution < 1.29 is 19.1 Å². The van der Waals surface area contributed by atoms with E-state index in [1.165, 1.54) is 0 Å². The number of allylic oxidation sites excluding steroid dienone is 1. The van der Waals surface area contributed by atoms with Gasteiger partial charge in [0, 0.05) is 12.8 Å². The Morgan fingerprint density at radius 2 is 1.62 bits per heavy atom. The predicted molar refractivity (Wildman–Crippen MR) is 56.3 cm³/mol. The minimum absolute atomic E-state index is 0.0347. The fourth-order valence-corrected chi connectivity index (χ4v) is 2.14. The summed E-state index contributed by atoms with van der Waals surface area (Å²) in [5, 5.41) is 0. The molecule has 4 heteroatoms. The Morgan fingerprint density at radius 3 is 2.06 bits per heavy atom. The molecule has 0 bridgehead atoms. The largest absolute Gasteiger partial charge is 0.419 e. The van der Waals surface area contributed by atoms with Gasteiger partial charge in [0.2, 0.25) is 0 Å². The maximum absolute atomic E-state index is 11.7. The predicted octanol–water partition coefficient (Wildman–Crippen LogP) is 1.94. The van der Waals surface area contributed by atoms with Crippen molar-refractivity contribution in [3.63, 3.8) is 0 Å². The van der Waals surface area contributed by atoms with Crippen molar-refractivity contribution in [1.29, 1.82) is 0 Å². The summed E-state index contributed by atoms with van der Waals surface area (Å²) < 4.78 is 10.5. The molecule has 1 saturated heterocycles. The van der Waals surface area contributed by atoms with E-state index in [1.54, 1.807) is 6.08 Å². The van der Waals surface area contributed by atoms with Gasteiger partial charge in [-0.15, -0.1) is 0 Å². The van der Waals surface area contributed by atoms with Gasteiger partial charge < -0.3 is 9.47 Å². The molecule has 0 atom stereocenters. The zero-order valence-corrected chi connectivity index (χ0v) is 9.62. The number of hydrogen-bond acceptors (Lipinski definition) is 4. The summed E-state index contributed by atoms with van der Waals surface area (Å²) in [6, 6.07) is 0. The average molecular weight is 224 g/mol. The fourth-order valence-electron chi connectivity index (χ4n) is 2.14. The molecule has 0 aromatic heterocycles. The Bertz CT molecular complexity index is 326. The van der Waals surface area contributed by atoms with Gasteiger partial charge in [0.15, 0.2) is 0 Å². The Kier molecular flexibility index (Phi) is 2.74. The molecule has 1 aliphatic heterocycles. The van der Waals surface area contributed by atoms with Crippen LogP contribution in [0.15, 0.2) is 11.6 Å². The van der Waals surface area contributed by atoms with Crippen LogP contribution in [0.4, 0.5) is 0 Å². The topological polar surface area (TPSA) is 52.6 Å². The number of carbonyl (C=O) groups excluding carboxylic acids is 2. The van der Waals surface area contributed by atoms with Crippen LogP contribution in [0.2, 0.25) is 0 Å². The van der Waals surface area contributed by atoms with Crippen molar-refractivity contribution in [2.75, 3.05) is 0 Å². The molecule has 0 aromatic carbocycles. The maximum Gasteiger partial charge on any atom is 0.348 e. The van der Waals surface area contributed by atoms with Crippen molar-refractivity contribution in [2.45, 2.75) is 45.3 Å². The molecular weight excluding hydrogens is 208 g/mol. The summed E-state index contributed by atoms with van der Waals surface area (Å²) in [5.41, 5.74) is 0.0347. The summed E-state index contributed by atoms with van der Waals surface area (Å²) in [7, 11) is 0. The average Bonchev–Trinajstić information content (AvgIpc) is 2.60. The monoisotopic (exact) mass is 224 g/mol. The molecule has 1 aliphatic carbocycles. The summed E-state index contributed by atoms with van der Waals surface area (Å²) >= 11 is 0. The Morgan fingerprint density at radius 1 is 1.12 bits per heavy atom. The Balaban J connectivity index is 2.20. The molecule has 2 fully saturated rings. The van der Waals surface area contributed by atoms with Crippen LogP contribution in [-0.4, -0.2) is 17.7 Å². The summed E-state index contributed by atoms with van der Waals surface area (Å²) in [5.74, 6) is -1.91. The van der Waals surface area contributed by atoms with E-state index in [4.69, 9.17) is 9.47 Å². The first kappa shape index (κ1) is 11.2. The lowest BCUT2D eigenvalue weighted by molar-refractivity contribution is -0.232. The van der Waals surface area contributed by atoms with Gasteiger partial charge in [0.25, 0.3) is 5.79 Å². The second kappa shape index (κ2) is 3.92. The number of rotatable bonds is 1. The zero-order chi connectivity index (χ0) is 11.8. The molecule has 2 rings (SSSR count). The van der Waals surface area contributed by atoms with Crippen molar-refractivity contribution in [3.05, 3.63) is 11.6 Å². The van der Waals surface area contributed by atoms with Crippen LogP contribution in [-0.2, 0) is 19.1 Å². The second-order valence-corrected chi connectivity index (χ2v) is 4.72. The molecule has 0 radical (unpaired) electrons. The van der Waals surface area contributed by atoms with Crippen LogP contribution in [0, 0.1) is 5.92 Å². The van der Waals surface area contributed by atoms with Gasteiger partial charge in [-0.25, -0.2) is 9.59 Å². The Labute approximate surface area is 94.6 Å². The van der Waals surface area contributed by atoms with Gasteiger partial charge in [-0.2, -0.15) is 0 Å². The van der Waals surface area contributed by atoms with Gasteiger partial charge in [-0.3, -0.25) is 0 Å². The first-order valence-electron chi connectivity index (χ1n) is 5.71. The smallest absolute Gasteiger partial charge is 0.348 e. The zero-order valence-electron chi connectivity index (χ0n) is 9.62. The highest BCUT2D eigenvalue weighted by Gasteiger charge is 2.47. The van der Waals surface area contributed by atoms with Gasteiger partial charge in [0.1, 0.15) is 5.57 Å². The fraction of sp³-hybridized carbons (Fsp3) is 0.667. The maximum atomic E-state index is 11.7. The van der Waals surface area contributed by atoms with Gasteiger partial charge in [0.05, 0.1) is 0 Å². The van der Waals surface area contributed by atoms with Crippen molar-refractivity contribution >= 4 is 11.9 Å². The van der Waals surface area contributed by atoms with Crippen LogP contribution in [0.3, 0.4) is 0 Å².